The summed E-state index contributed by atoms with van der Waals surface area (Å²) in [6.07, 6.45) is 7.48. The Bertz CT molecular complexity index is 331. The Morgan fingerprint density at radius 3 is 3.08 bits per heavy atom. The Hall–Kier alpha value is -1.15. The molecule has 0 saturated carbocycles. The summed E-state index contributed by atoms with van der Waals surface area (Å²) in [5.41, 5.74) is 3.22. The first-order valence-electron chi connectivity index (χ1n) is 4.66. The van der Waals surface area contributed by atoms with Gasteiger partial charge < -0.3 is 5.11 Å². The van der Waals surface area contributed by atoms with E-state index in [9.17, 15) is 0 Å². The van der Waals surface area contributed by atoms with E-state index < -0.39 is 0 Å². The molecule has 0 spiro atoms. The van der Waals surface area contributed by atoms with Gasteiger partial charge in [-0.1, -0.05) is 12.1 Å². The molecule has 0 aliphatic heterocycles. The fraction of sp³-hybridized carbons (Fsp3) is 0.364. The smallest absolute Gasteiger partial charge is 0.0713 e. The Kier molecular flexibility index (Phi) is 2.41. The van der Waals surface area contributed by atoms with Gasteiger partial charge in [0.05, 0.1) is 12.3 Å². The van der Waals surface area contributed by atoms with Crippen LogP contribution in [0.1, 0.15) is 30.5 Å². The third-order valence-electron chi connectivity index (χ3n) is 2.41. The lowest BCUT2D eigenvalue weighted by Crippen LogP contribution is -1.95. The minimum absolute atomic E-state index is 0.0838. The van der Waals surface area contributed by atoms with E-state index >= 15 is 0 Å². The van der Waals surface area contributed by atoms with Gasteiger partial charge in [-0.15, -0.1) is 0 Å². The van der Waals surface area contributed by atoms with E-state index in [0.29, 0.717) is 0 Å². The van der Waals surface area contributed by atoms with Crippen molar-refractivity contribution >= 4 is 5.57 Å². The molecule has 13 heavy (non-hydrogen) atoms. The number of hydrogen-bond donors (Lipinski definition) is 1. The molecule has 2 rings (SSSR count). The topological polar surface area (TPSA) is 33.1 Å². The van der Waals surface area contributed by atoms with E-state index in [-0.39, 0.29) is 6.61 Å². The van der Waals surface area contributed by atoms with Crippen LogP contribution in [-0.2, 0) is 6.61 Å². The molecule has 1 aromatic rings. The van der Waals surface area contributed by atoms with E-state index in [0.717, 1.165) is 24.1 Å². The summed E-state index contributed by atoms with van der Waals surface area (Å²) in [5.74, 6) is 0. The molecule has 0 unspecified atom stereocenters. The van der Waals surface area contributed by atoms with E-state index in [1.54, 1.807) is 6.20 Å². The minimum atomic E-state index is 0.0838. The van der Waals surface area contributed by atoms with E-state index in [1.807, 2.05) is 12.1 Å². The second-order valence-corrected chi connectivity index (χ2v) is 3.29. The lowest BCUT2D eigenvalue weighted by Gasteiger charge is -2.05. The molecule has 1 heterocycles. The highest BCUT2D eigenvalue weighted by Crippen LogP contribution is 2.28. The first-order valence-corrected chi connectivity index (χ1v) is 4.66. The van der Waals surface area contributed by atoms with Gasteiger partial charge in [-0.25, -0.2) is 0 Å². The Morgan fingerprint density at radius 2 is 2.38 bits per heavy atom. The van der Waals surface area contributed by atoms with Gasteiger partial charge in [0.1, 0.15) is 0 Å². The quantitative estimate of drug-likeness (QED) is 0.747. The summed E-state index contributed by atoms with van der Waals surface area (Å²) in [6.45, 7) is 0.0838. The summed E-state index contributed by atoms with van der Waals surface area (Å²) >= 11 is 0. The summed E-state index contributed by atoms with van der Waals surface area (Å²) < 4.78 is 0. The van der Waals surface area contributed by atoms with Crippen LogP contribution in [0.4, 0.5) is 0 Å². The lowest BCUT2D eigenvalue weighted by molar-refractivity contribution is 0.281. The first kappa shape index (κ1) is 8.45. The van der Waals surface area contributed by atoms with Crippen LogP contribution < -0.4 is 0 Å². The second-order valence-electron chi connectivity index (χ2n) is 3.29. The van der Waals surface area contributed by atoms with E-state index in [4.69, 9.17) is 5.11 Å². The fourth-order valence-corrected chi connectivity index (χ4v) is 1.74. The van der Waals surface area contributed by atoms with Crippen molar-refractivity contribution in [2.45, 2.75) is 25.9 Å². The van der Waals surface area contributed by atoms with Crippen LogP contribution in [-0.4, -0.2) is 10.1 Å². The molecule has 2 nitrogen and oxygen atoms in total. The Morgan fingerprint density at radius 1 is 1.46 bits per heavy atom. The molecule has 0 saturated heterocycles. The molecular formula is C11H13NO. The second kappa shape index (κ2) is 3.71. The van der Waals surface area contributed by atoms with Crippen LogP contribution in [0, 0.1) is 0 Å². The van der Waals surface area contributed by atoms with Crippen molar-refractivity contribution in [3.05, 3.63) is 35.7 Å². The van der Waals surface area contributed by atoms with Gasteiger partial charge in [-0.2, -0.15) is 0 Å². The molecular weight excluding hydrogens is 162 g/mol. The monoisotopic (exact) mass is 175 g/mol. The number of nitrogens with zero attached hydrogens (tertiary/aromatic N) is 1. The molecule has 68 valence electrons. The molecule has 1 aliphatic carbocycles. The zero-order valence-electron chi connectivity index (χ0n) is 7.53. The summed E-state index contributed by atoms with van der Waals surface area (Å²) in [7, 11) is 0. The predicted molar refractivity (Wildman–Crippen MR) is 52.0 cm³/mol. The molecule has 0 bridgehead atoms. The highest BCUT2D eigenvalue weighted by molar-refractivity contribution is 5.66. The van der Waals surface area contributed by atoms with Gasteiger partial charge in [0.15, 0.2) is 0 Å². The minimum Gasteiger partial charge on any atom is -0.392 e. The predicted octanol–water partition coefficient (Wildman–Crippen LogP) is 2.14. The molecule has 0 radical (unpaired) electrons. The van der Waals surface area contributed by atoms with Crippen LogP contribution in [0.3, 0.4) is 0 Å². The maximum atomic E-state index is 9.11. The van der Waals surface area contributed by atoms with E-state index in [1.165, 1.54) is 12.0 Å². The van der Waals surface area contributed by atoms with Crippen LogP contribution in [0.5, 0.6) is 0 Å². The van der Waals surface area contributed by atoms with Gasteiger partial charge in [0.25, 0.3) is 0 Å². The zero-order chi connectivity index (χ0) is 9.10. The average Bonchev–Trinajstić information content (AvgIpc) is 2.70. The third kappa shape index (κ3) is 1.63. The van der Waals surface area contributed by atoms with Crippen LogP contribution in [0.15, 0.2) is 24.4 Å². The molecule has 0 aromatic carbocycles. The zero-order valence-corrected chi connectivity index (χ0v) is 7.53. The molecule has 0 fully saturated rings. The molecule has 2 heteroatoms. The van der Waals surface area contributed by atoms with Gasteiger partial charge in [0, 0.05) is 11.8 Å². The largest absolute Gasteiger partial charge is 0.392 e. The van der Waals surface area contributed by atoms with Crippen molar-refractivity contribution in [3.8, 4) is 0 Å². The highest BCUT2D eigenvalue weighted by atomic mass is 16.3. The molecule has 1 aromatic heterocycles. The molecule has 1 N–H and O–H groups in total. The maximum absolute atomic E-state index is 9.11. The van der Waals surface area contributed by atoms with Gasteiger partial charge in [-0.3, -0.25) is 4.98 Å². The van der Waals surface area contributed by atoms with Crippen LogP contribution in [0.25, 0.3) is 5.57 Å². The number of pyridine rings is 1. The summed E-state index contributed by atoms with van der Waals surface area (Å²) in [4.78, 5) is 4.30. The van der Waals surface area contributed by atoms with Crippen molar-refractivity contribution in [1.29, 1.82) is 0 Å². The average molecular weight is 175 g/mol. The number of aliphatic hydroxyl groups is 1. The molecule has 1 aliphatic rings. The fourth-order valence-electron chi connectivity index (χ4n) is 1.74. The number of aliphatic hydroxyl groups excluding tert-OH is 1. The van der Waals surface area contributed by atoms with Crippen LogP contribution in [0.2, 0.25) is 0 Å². The molecule has 0 atom stereocenters. The van der Waals surface area contributed by atoms with Gasteiger partial charge in [-0.05, 0) is 30.9 Å². The number of rotatable bonds is 2. The maximum Gasteiger partial charge on any atom is 0.0713 e. The SMILES string of the molecule is OCc1cccnc1C1=CCCC1. The highest BCUT2D eigenvalue weighted by Gasteiger charge is 2.11. The normalized spacial score (nSPS) is 15.9. The lowest BCUT2D eigenvalue weighted by atomic mass is 10.1. The summed E-state index contributed by atoms with van der Waals surface area (Å²) in [6, 6.07) is 3.80. The number of allylic oxidation sites excluding steroid dienone is 2. The van der Waals surface area contributed by atoms with E-state index in [2.05, 4.69) is 11.1 Å². The number of aromatic nitrogens is 1. The number of hydrogen-bond acceptors (Lipinski definition) is 2. The third-order valence-corrected chi connectivity index (χ3v) is 2.41. The first-order chi connectivity index (χ1) is 6.42. The van der Waals surface area contributed by atoms with Crippen molar-refractivity contribution < 1.29 is 5.11 Å². The summed E-state index contributed by atoms with van der Waals surface area (Å²) in [5, 5.41) is 9.11. The Balaban J connectivity index is 2.38. The van der Waals surface area contributed by atoms with Gasteiger partial charge >= 0.3 is 0 Å². The van der Waals surface area contributed by atoms with Crippen molar-refractivity contribution in [3.63, 3.8) is 0 Å². The Labute approximate surface area is 77.9 Å². The van der Waals surface area contributed by atoms with Crippen LogP contribution >= 0.6 is 0 Å². The standard InChI is InChI=1S/C11H13NO/c13-8-10-6-3-7-12-11(10)9-4-1-2-5-9/h3-4,6-7,13H,1-2,5,8H2. The van der Waals surface area contributed by atoms with Gasteiger partial charge in [0.2, 0.25) is 0 Å². The van der Waals surface area contributed by atoms with Crippen molar-refractivity contribution in [2.24, 2.45) is 0 Å². The van der Waals surface area contributed by atoms with Crippen molar-refractivity contribution in [1.82, 2.24) is 4.98 Å². The molecule has 0 amide bonds. The van der Waals surface area contributed by atoms with Crippen molar-refractivity contribution in [2.75, 3.05) is 0 Å².